The highest BCUT2D eigenvalue weighted by atomic mass is 16.7. The number of aliphatic hydroxyl groups excluding tert-OH is 10. The van der Waals surface area contributed by atoms with E-state index in [0.29, 0.717) is 23.0 Å². The lowest BCUT2D eigenvalue weighted by atomic mass is 9.82. The van der Waals surface area contributed by atoms with Crippen LogP contribution in [0.15, 0.2) is 34.9 Å². The molecule has 9 unspecified atom stereocenters. The molecular formula is C40H72O14. The molecule has 0 spiro atoms. The Morgan fingerprint density at radius 3 is 1.78 bits per heavy atom. The molecule has 0 amide bonds. The summed E-state index contributed by atoms with van der Waals surface area (Å²) in [6.07, 6.45) is -6.45. The Morgan fingerprint density at radius 2 is 1.26 bits per heavy atom. The van der Waals surface area contributed by atoms with E-state index in [0.717, 1.165) is 19.3 Å². The van der Waals surface area contributed by atoms with Crippen LogP contribution in [-0.4, -0.2) is 144 Å². The van der Waals surface area contributed by atoms with E-state index in [4.69, 9.17) is 19.3 Å². The van der Waals surface area contributed by atoms with Crippen molar-refractivity contribution in [3.05, 3.63) is 34.9 Å². The molecule has 0 aromatic rings. The first-order chi connectivity index (χ1) is 25.1. The fourth-order valence-corrected chi connectivity index (χ4v) is 7.16. The predicted octanol–water partition coefficient (Wildman–Crippen LogP) is 1.36. The highest BCUT2D eigenvalue weighted by Gasteiger charge is 2.45. The molecule has 0 aliphatic carbocycles. The van der Waals surface area contributed by atoms with Gasteiger partial charge in [0, 0.05) is 23.3 Å². The van der Waals surface area contributed by atoms with Gasteiger partial charge in [0.15, 0.2) is 6.29 Å². The second-order valence-electron chi connectivity index (χ2n) is 15.9. The van der Waals surface area contributed by atoms with Crippen LogP contribution in [0.2, 0.25) is 0 Å². The topological polar surface area (TPSA) is 247 Å². The second kappa shape index (κ2) is 24.1. The van der Waals surface area contributed by atoms with Gasteiger partial charge in [-0.15, -0.1) is 0 Å². The van der Waals surface area contributed by atoms with Crippen LogP contribution in [-0.2, 0) is 19.0 Å². The number of rotatable bonds is 23. The first-order valence-corrected chi connectivity index (χ1v) is 19.3. The smallest absolute Gasteiger partial charge is 0.333 e. The maximum atomic E-state index is 12.5. The predicted molar refractivity (Wildman–Crippen MR) is 202 cm³/mol. The lowest BCUT2D eigenvalue weighted by molar-refractivity contribution is -0.317. The molecule has 54 heavy (non-hydrogen) atoms. The second-order valence-corrected chi connectivity index (χ2v) is 15.9. The average Bonchev–Trinajstić information content (AvgIpc) is 3.13. The molecule has 14 heteroatoms. The average molecular weight is 777 g/mol. The monoisotopic (exact) mass is 776 g/mol. The van der Waals surface area contributed by atoms with Gasteiger partial charge in [-0.2, -0.15) is 0 Å². The molecule has 0 bridgehead atoms. The van der Waals surface area contributed by atoms with Gasteiger partial charge in [-0.25, -0.2) is 4.79 Å². The Labute approximate surface area is 321 Å². The zero-order valence-electron chi connectivity index (χ0n) is 33.9. The summed E-state index contributed by atoms with van der Waals surface area (Å²) < 4.78 is 17.1. The molecule has 1 aliphatic heterocycles. The molecule has 10 N–H and O–H groups in total. The summed E-state index contributed by atoms with van der Waals surface area (Å²) in [5, 5.41) is 102. The highest BCUT2D eigenvalue weighted by Crippen LogP contribution is 2.33. The van der Waals surface area contributed by atoms with E-state index in [9.17, 15) is 50.8 Å². The number of carbonyl (C=O) groups is 1. The Balaban J connectivity index is 3.13. The molecule has 1 saturated heterocycles. The molecule has 0 saturated carbocycles. The molecule has 0 aromatic carbocycles. The van der Waals surface area contributed by atoms with Crippen LogP contribution in [0.25, 0.3) is 0 Å². The number of ether oxygens (including phenoxy) is 3. The van der Waals surface area contributed by atoms with Crippen LogP contribution in [0.4, 0.5) is 0 Å². The summed E-state index contributed by atoms with van der Waals surface area (Å²) in [5.74, 6) is -1.23. The first kappa shape index (κ1) is 50.2. The van der Waals surface area contributed by atoms with Crippen LogP contribution in [0.1, 0.15) is 88.5 Å². The van der Waals surface area contributed by atoms with Gasteiger partial charge in [-0.05, 0) is 62.5 Å². The van der Waals surface area contributed by atoms with Gasteiger partial charge in [-0.1, -0.05) is 73.1 Å². The van der Waals surface area contributed by atoms with Crippen molar-refractivity contribution in [1.82, 2.24) is 0 Å². The van der Waals surface area contributed by atoms with Gasteiger partial charge < -0.3 is 65.3 Å². The fourth-order valence-electron chi connectivity index (χ4n) is 7.16. The van der Waals surface area contributed by atoms with E-state index in [1.54, 1.807) is 33.8 Å². The van der Waals surface area contributed by atoms with E-state index in [1.165, 1.54) is 13.0 Å². The molecule has 0 aromatic heterocycles. The van der Waals surface area contributed by atoms with Gasteiger partial charge in [0.2, 0.25) is 0 Å². The fraction of sp³-hybridized carbons (Fsp3) is 0.825. The minimum Gasteiger partial charge on any atom is -0.459 e. The molecule has 14 nitrogen and oxygen atoms in total. The minimum absolute atomic E-state index is 0.0477. The largest absolute Gasteiger partial charge is 0.459 e. The molecule has 316 valence electrons. The van der Waals surface area contributed by atoms with Crippen LogP contribution >= 0.6 is 0 Å². The van der Waals surface area contributed by atoms with Crippen molar-refractivity contribution < 1.29 is 70.1 Å². The van der Waals surface area contributed by atoms with E-state index >= 15 is 0 Å². The maximum Gasteiger partial charge on any atom is 0.333 e. The van der Waals surface area contributed by atoms with Gasteiger partial charge in [-0.3, -0.25) is 0 Å². The Bertz CT molecular complexity index is 1190. The van der Waals surface area contributed by atoms with E-state index < -0.39 is 105 Å². The van der Waals surface area contributed by atoms with E-state index in [-0.39, 0.29) is 17.4 Å². The van der Waals surface area contributed by atoms with Gasteiger partial charge in [0.1, 0.15) is 49.3 Å². The number of carbonyl (C=O) groups excluding carboxylic acids is 1. The van der Waals surface area contributed by atoms with Crippen LogP contribution in [0, 0.1) is 35.5 Å². The molecule has 17 atom stereocenters. The molecule has 1 rings (SSSR count). The highest BCUT2D eigenvalue weighted by molar-refractivity contribution is 5.87. The van der Waals surface area contributed by atoms with Gasteiger partial charge in [0.05, 0.1) is 31.5 Å². The third kappa shape index (κ3) is 15.3. The molecule has 1 fully saturated rings. The Morgan fingerprint density at radius 1 is 0.722 bits per heavy atom. The SMILES string of the molecule is CCC(C)CC(C)CC(C)C(O[C@@H]1O[C@H](CO)[C@@H](O)[C@H](O)[C@@H]1O)C(C)/C=C(\C)C(O)C(C)/C=C(\C)C(O)C(C)/C=C(\C)C(=O)OC[C@@H](O)[C@H](O)[C@H](O)CO. The van der Waals surface area contributed by atoms with Crippen molar-refractivity contribution in [2.75, 3.05) is 19.8 Å². The van der Waals surface area contributed by atoms with E-state index in [2.05, 4.69) is 20.8 Å². The first-order valence-electron chi connectivity index (χ1n) is 19.3. The normalized spacial score (nSPS) is 28.5. The number of hydrogen-bond acceptors (Lipinski definition) is 14. The zero-order valence-corrected chi connectivity index (χ0v) is 33.9. The summed E-state index contributed by atoms with van der Waals surface area (Å²) in [6, 6.07) is 0. The number of hydrogen-bond donors (Lipinski definition) is 10. The standard InChI is InChI=1S/C40H72O14/c1-11-20(2)12-21(3)13-26(8)38(54-40-37(50)36(49)35(48)31(18-42)53-40)27(9)15-24(6)32(45)22(4)14-23(5)33(46)25(7)16-28(10)39(51)52-19-30(44)34(47)29(43)17-41/h14-16,20-22,25-27,29-38,40-50H,11-13,17-19H2,1-10H3/b23-14+,24-15+,28-16+/t20?,21?,22?,25?,26?,27?,29-,30-,31-,32?,33?,34-,35-,36+,37+,38?,40+/m1/s1. The van der Waals surface area contributed by atoms with Crippen molar-refractivity contribution in [2.24, 2.45) is 35.5 Å². The van der Waals surface area contributed by atoms with Gasteiger partial charge in [0.25, 0.3) is 0 Å². The van der Waals surface area contributed by atoms with Crippen LogP contribution in [0.5, 0.6) is 0 Å². The quantitative estimate of drug-likeness (QED) is 0.0400. The summed E-state index contributed by atoms with van der Waals surface area (Å²) in [7, 11) is 0. The molecule has 0 radical (unpaired) electrons. The summed E-state index contributed by atoms with van der Waals surface area (Å²) in [4.78, 5) is 12.5. The van der Waals surface area contributed by atoms with Crippen molar-refractivity contribution in [1.29, 1.82) is 0 Å². The van der Waals surface area contributed by atoms with Crippen LogP contribution in [0.3, 0.4) is 0 Å². The maximum absolute atomic E-state index is 12.5. The Kier molecular flexibility index (Phi) is 22.4. The molecule has 1 heterocycles. The third-order valence-corrected chi connectivity index (χ3v) is 10.7. The van der Waals surface area contributed by atoms with Crippen molar-refractivity contribution in [3.63, 3.8) is 0 Å². The van der Waals surface area contributed by atoms with Crippen LogP contribution < -0.4 is 0 Å². The Hall–Kier alpha value is -1.79. The van der Waals surface area contributed by atoms with Crippen molar-refractivity contribution >= 4 is 5.97 Å². The lowest BCUT2D eigenvalue weighted by Gasteiger charge is -2.42. The third-order valence-electron chi connectivity index (χ3n) is 10.7. The summed E-state index contributed by atoms with van der Waals surface area (Å²) in [5.41, 5.74) is 1.33. The minimum atomic E-state index is -1.71. The molecule has 1 aliphatic rings. The van der Waals surface area contributed by atoms with Crippen molar-refractivity contribution in [3.8, 4) is 0 Å². The zero-order chi connectivity index (χ0) is 41.6. The summed E-state index contributed by atoms with van der Waals surface area (Å²) >= 11 is 0. The number of esters is 1. The summed E-state index contributed by atoms with van der Waals surface area (Å²) in [6.45, 7) is 17.0. The van der Waals surface area contributed by atoms with Gasteiger partial charge >= 0.3 is 5.97 Å². The molecular weight excluding hydrogens is 704 g/mol. The van der Waals surface area contributed by atoms with Crippen molar-refractivity contribution in [2.45, 2.75) is 156 Å². The lowest BCUT2D eigenvalue weighted by Crippen LogP contribution is -2.60. The van der Waals surface area contributed by atoms with E-state index in [1.807, 2.05) is 19.9 Å². The number of aliphatic hydroxyl groups is 10.